The lowest BCUT2D eigenvalue weighted by atomic mass is 10.1. The fourth-order valence-corrected chi connectivity index (χ4v) is 11.3. The fourth-order valence-electron chi connectivity index (χ4n) is 5.95. The molecule has 204 valence electrons. The van der Waals surface area contributed by atoms with Crippen LogP contribution in [0.2, 0.25) is 16.6 Å². The van der Waals surface area contributed by atoms with E-state index in [1.807, 2.05) is 36.5 Å². The van der Waals surface area contributed by atoms with Crippen LogP contribution in [0.15, 0.2) is 61.2 Å². The predicted octanol–water partition coefficient (Wildman–Crippen LogP) is 7.09. The largest absolute Gasteiger partial charge is 0.405 e. The molecule has 4 rings (SSSR count). The smallest absolute Gasteiger partial charge is 0.201 e. The van der Waals surface area contributed by atoms with Gasteiger partial charge in [-0.2, -0.15) is 0 Å². The van der Waals surface area contributed by atoms with E-state index in [9.17, 15) is 0 Å². The number of hydrogen-bond donors (Lipinski definition) is 2. The maximum absolute atomic E-state index is 6.62. The third kappa shape index (κ3) is 5.70. The molecule has 0 aliphatic carbocycles. The summed E-state index contributed by atoms with van der Waals surface area (Å²) in [4.78, 5) is 13.4. The standard InChI is InChI=1S/C31H40N6OSi/c1-21(2)39(22(3)4,23(5)6)38-18-12-14-26-30(32)34-20-35-31(26)36-24(7)27-19-25-13-9-11-17-37(25)29(27)28-15-8-10-16-33-28/h8-11,13,15-17,19-24H,18H2,1-7H3,(H3,32,34,35,36). The maximum atomic E-state index is 6.62. The SMILES string of the molecule is CC(Nc1ncnc(N)c1C#CCO[Si](C(C)C)(C(C)C)C(C)C)c1cc2ccccn2c1-c1ccccn1. The minimum atomic E-state index is -2.01. The summed E-state index contributed by atoms with van der Waals surface area (Å²) in [5.74, 6) is 7.39. The molecule has 7 nitrogen and oxygen atoms in total. The Kier molecular flexibility index (Phi) is 8.73. The molecular formula is C31H40N6OSi. The molecule has 0 spiro atoms. The molecule has 1 unspecified atom stereocenters. The second-order valence-electron chi connectivity index (χ2n) is 10.9. The highest BCUT2D eigenvalue weighted by atomic mass is 28.4. The lowest BCUT2D eigenvalue weighted by Crippen LogP contribution is -2.47. The van der Waals surface area contributed by atoms with Gasteiger partial charge in [0.1, 0.15) is 23.5 Å². The Labute approximate surface area is 233 Å². The topological polar surface area (TPSA) is 90.4 Å². The lowest BCUT2D eigenvalue weighted by Gasteiger charge is -2.41. The van der Waals surface area contributed by atoms with Crippen molar-refractivity contribution in [2.75, 3.05) is 17.7 Å². The molecule has 4 heterocycles. The number of hydrogen-bond acceptors (Lipinski definition) is 6. The van der Waals surface area contributed by atoms with Crippen LogP contribution in [-0.2, 0) is 4.43 Å². The van der Waals surface area contributed by atoms with Crippen molar-refractivity contribution in [3.05, 3.63) is 72.3 Å². The third-order valence-electron chi connectivity index (χ3n) is 7.63. The first-order valence-corrected chi connectivity index (χ1v) is 15.8. The summed E-state index contributed by atoms with van der Waals surface area (Å²) < 4.78 is 8.78. The molecule has 39 heavy (non-hydrogen) atoms. The van der Waals surface area contributed by atoms with Gasteiger partial charge in [0.25, 0.3) is 0 Å². The van der Waals surface area contributed by atoms with E-state index in [2.05, 4.69) is 103 Å². The van der Waals surface area contributed by atoms with Crippen molar-refractivity contribution in [1.29, 1.82) is 0 Å². The summed E-state index contributed by atoms with van der Waals surface area (Å²) in [5, 5.41) is 3.54. The van der Waals surface area contributed by atoms with Gasteiger partial charge in [-0.05, 0) is 53.9 Å². The van der Waals surface area contributed by atoms with E-state index in [-0.39, 0.29) is 6.04 Å². The van der Waals surface area contributed by atoms with Crippen molar-refractivity contribution in [1.82, 2.24) is 19.4 Å². The van der Waals surface area contributed by atoms with Gasteiger partial charge in [0.15, 0.2) is 0 Å². The Bertz CT molecular complexity index is 1450. The summed E-state index contributed by atoms with van der Waals surface area (Å²) in [6.45, 7) is 16.1. The average molecular weight is 541 g/mol. The zero-order valence-electron chi connectivity index (χ0n) is 24.1. The second kappa shape index (κ2) is 12.0. The zero-order valence-corrected chi connectivity index (χ0v) is 25.1. The molecule has 0 fully saturated rings. The van der Waals surface area contributed by atoms with Crippen molar-refractivity contribution in [2.45, 2.75) is 71.1 Å². The average Bonchev–Trinajstić information content (AvgIpc) is 3.30. The number of fused-ring (bicyclic) bond motifs is 1. The van der Waals surface area contributed by atoms with Gasteiger partial charge < -0.3 is 19.9 Å². The molecule has 8 heteroatoms. The number of nitrogens with zero attached hydrogens (tertiary/aromatic N) is 4. The molecule has 0 saturated heterocycles. The number of aromatic nitrogens is 4. The molecule has 0 aromatic carbocycles. The summed E-state index contributed by atoms with van der Waals surface area (Å²) in [6.07, 6.45) is 5.34. The second-order valence-corrected chi connectivity index (χ2v) is 16.4. The Hall–Kier alpha value is -3.67. The predicted molar refractivity (Wildman–Crippen MR) is 163 cm³/mol. The van der Waals surface area contributed by atoms with Gasteiger partial charge in [-0.25, -0.2) is 9.97 Å². The van der Waals surface area contributed by atoms with Crippen molar-refractivity contribution in [3.8, 4) is 23.2 Å². The van der Waals surface area contributed by atoms with Crippen LogP contribution in [0.1, 0.15) is 65.6 Å². The summed E-state index contributed by atoms with van der Waals surface area (Å²) in [5.41, 5.74) is 12.5. The van der Waals surface area contributed by atoms with Crippen molar-refractivity contribution >= 4 is 25.5 Å². The van der Waals surface area contributed by atoms with Gasteiger partial charge in [0, 0.05) is 23.5 Å². The van der Waals surface area contributed by atoms with E-state index in [1.165, 1.54) is 6.33 Å². The first-order valence-electron chi connectivity index (χ1n) is 13.7. The fraction of sp³-hybridized carbons (Fsp3) is 0.387. The van der Waals surface area contributed by atoms with E-state index in [0.717, 1.165) is 22.5 Å². The monoisotopic (exact) mass is 540 g/mol. The number of nitrogen functional groups attached to an aromatic ring is 1. The van der Waals surface area contributed by atoms with E-state index in [1.54, 1.807) is 0 Å². The van der Waals surface area contributed by atoms with Gasteiger partial charge in [0.05, 0.1) is 24.0 Å². The van der Waals surface area contributed by atoms with Crippen LogP contribution in [0.25, 0.3) is 16.9 Å². The lowest BCUT2D eigenvalue weighted by molar-refractivity contribution is 0.322. The molecule has 0 amide bonds. The van der Waals surface area contributed by atoms with Crippen LogP contribution in [0, 0.1) is 11.8 Å². The summed E-state index contributed by atoms with van der Waals surface area (Å²) in [6, 6.07) is 14.2. The van der Waals surface area contributed by atoms with E-state index >= 15 is 0 Å². The Morgan fingerprint density at radius 2 is 1.67 bits per heavy atom. The number of anilines is 2. The van der Waals surface area contributed by atoms with Gasteiger partial charge in [-0.3, -0.25) is 4.98 Å². The summed E-state index contributed by atoms with van der Waals surface area (Å²) in [7, 11) is -2.01. The van der Waals surface area contributed by atoms with Crippen LogP contribution in [0.4, 0.5) is 11.6 Å². The molecule has 4 aromatic heterocycles. The Balaban J connectivity index is 1.63. The van der Waals surface area contributed by atoms with Gasteiger partial charge in [-0.1, -0.05) is 65.5 Å². The molecule has 4 aromatic rings. The molecule has 0 bridgehead atoms. The van der Waals surface area contributed by atoms with E-state index in [0.29, 0.717) is 40.4 Å². The normalized spacial score (nSPS) is 12.7. The summed E-state index contributed by atoms with van der Waals surface area (Å²) >= 11 is 0. The van der Waals surface area contributed by atoms with Crippen LogP contribution in [0.5, 0.6) is 0 Å². The highest BCUT2D eigenvalue weighted by Crippen LogP contribution is 2.42. The van der Waals surface area contributed by atoms with Crippen LogP contribution in [-0.4, -0.2) is 34.3 Å². The zero-order chi connectivity index (χ0) is 28.2. The quantitative estimate of drug-likeness (QED) is 0.174. The molecule has 0 saturated carbocycles. The molecule has 1 atom stereocenters. The third-order valence-corrected chi connectivity index (χ3v) is 13.7. The van der Waals surface area contributed by atoms with Crippen molar-refractivity contribution < 1.29 is 4.43 Å². The Morgan fingerprint density at radius 3 is 2.33 bits per heavy atom. The highest BCUT2D eigenvalue weighted by molar-refractivity contribution is 6.77. The van der Waals surface area contributed by atoms with Gasteiger partial charge >= 0.3 is 0 Å². The number of nitrogens with two attached hydrogens (primary N) is 1. The van der Waals surface area contributed by atoms with Crippen molar-refractivity contribution in [2.24, 2.45) is 0 Å². The van der Waals surface area contributed by atoms with Crippen LogP contribution >= 0.6 is 0 Å². The molecular weight excluding hydrogens is 500 g/mol. The van der Waals surface area contributed by atoms with E-state index < -0.39 is 8.32 Å². The minimum absolute atomic E-state index is 0.101. The number of pyridine rings is 2. The van der Waals surface area contributed by atoms with Gasteiger partial charge in [0.2, 0.25) is 8.32 Å². The van der Waals surface area contributed by atoms with E-state index in [4.69, 9.17) is 10.2 Å². The van der Waals surface area contributed by atoms with Crippen LogP contribution < -0.4 is 11.1 Å². The maximum Gasteiger partial charge on any atom is 0.201 e. The molecule has 3 N–H and O–H groups in total. The molecule has 0 aliphatic rings. The first kappa shape index (κ1) is 28.3. The number of nitrogens with one attached hydrogen (secondary N) is 1. The van der Waals surface area contributed by atoms with Crippen LogP contribution in [0.3, 0.4) is 0 Å². The minimum Gasteiger partial charge on any atom is -0.405 e. The molecule has 0 aliphatic heterocycles. The molecule has 0 radical (unpaired) electrons. The van der Waals surface area contributed by atoms with Gasteiger partial charge in [-0.15, -0.1) is 0 Å². The first-order chi connectivity index (χ1) is 18.7. The van der Waals surface area contributed by atoms with Crippen molar-refractivity contribution in [3.63, 3.8) is 0 Å². The Morgan fingerprint density at radius 1 is 0.949 bits per heavy atom. The highest BCUT2D eigenvalue weighted by Gasteiger charge is 2.44. The number of rotatable bonds is 9.